The van der Waals surface area contributed by atoms with Crippen LogP contribution in [0.3, 0.4) is 0 Å². The van der Waals surface area contributed by atoms with Crippen molar-refractivity contribution >= 4 is 28.5 Å². The smallest absolute Gasteiger partial charge is 0.260 e. The topological polar surface area (TPSA) is 23.6 Å². The van der Waals surface area contributed by atoms with Crippen LogP contribution in [-0.2, 0) is 4.79 Å². The summed E-state index contributed by atoms with van der Waals surface area (Å²) >= 11 is 2.41. The number of carbonyl (C=O) groups excluding carboxylic acids is 1. The van der Waals surface area contributed by atoms with Crippen molar-refractivity contribution in [2.45, 2.75) is 30.2 Å². The van der Waals surface area contributed by atoms with E-state index in [1.807, 2.05) is 0 Å². The molecule has 104 valence electrons. The molecule has 2 aliphatic rings. The Bertz CT molecular complexity index is 330. The van der Waals surface area contributed by atoms with Crippen molar-refractivity contribution in [1.29, 1.82) is 0 Å². The SMILES string of the molecule is CC(C)[C@@H](I)N1CCN(C(=O)C2CC2(F)F)CC1. The number of carbonyl (C=O) groups is 1. The molecule has 0 bridgehead atoms. The van der Waals surface area contributed by atoms with Crippen LogP contribution in [0.15, 0.2) is 0 Å². The third kappa shape index (κ3) is 2.95. The van der Waals surface area contributed by atoms with Gasteiger partial charge in [-0.2, -0.15) is 0 Å². The van der Waals surface area contributed by atoms with Gasteiger partial charge in [0.05, 0.1) is 4.05 Å². The number of hydrogen-bond acceptors (Lipinski definition) is 2. The van der Waals surface area contributed by atoms with Crippen molar-refractivity contribution in [2.24, 2.45) is 11.8 Å². The molecule has 0 aromatic heterocycles. The Morgan fingerprint density at radius 1 is 1.28 bits per heavy atom. The molecule has 0 spiro atoms. The van der Waals surface area contributed by atoms with E-state index in [0.717, 1.165) is 13.1 Å². The molecule has 1 saturated carbocycles. The lowest BCUT2D eigenvalue weighted by molar-refractivity contribution is -0.136. The summed E-state index contributed by atoms with van der Waals surface area (Å²) in [6.45, 7) is 7.07. The molecule has 1 amide bonds. The maximum absolute atomic E-state index is 12.9. The van der Waals surface area contributed by atoms with Gasteiger partial charge >= 0.3 is 0 Å². The minimum absolute atomic E-state index is 0.257. The lowest BCUT2D eigenvalue weighted by Gasteiger charge is -2.38. The molecule has 1 saturated heterocycles. The van der Waals surface area contributed by atoms with E-state index in [0.29, 0.717) is 23.1 Å². The van der Waals surface area contributed by atoms with E-state index < -0.39 is 11.8 Å². The minimum atomic E-state index is -2.74. The first-order chi connectivity index (χ1) is 8.33. The summed E-state index contributed by atoms with van der Waals surface area (Å²) in [6.07, 6.45) is -0.257. The zero-order valence-corrected chi connectivity index (χ0v) is 12.9. The molecule has 0 aromatic carbocycles. The minimum Gasteiger partial charge on any atom is -0.340 e. The average Bonchev–Trinajstić information content (AvgIpc) is 2.96. The summed E-state index contributed by atoms with van der Waals surface area (Å²) in [5.74, 6) is -3.57. The zero-order valence-electron chi connectivity index (χ0n) is 10.7. The molecule has 2 atom stereocenters. The summed E-state index contributed by atoms with van der Waals surface area (Å²) in [7, 11) is 0. The molecule has 1 unspecified atom stereocenters. The number of halogens is 3. The Kier molecular flexibility index (Phi) is 4.16. The number of nitrogens with zero attached hydrogens (tertiary/aromatic N) is 2. The van der Waals surface area contributed by atoms with Crippen LogP contribution < -0.4 is 0 Å². The van der Waals surface area contributed by atoms with E-state index in [9.17, 15) is 13.6 Å². The van der Waals surface area contributed by atoms with Crippen molar-refractivity contribution in [3.05, 3.63) is 0 Å². The fraction of sp³-hybridized carbons (Fsp3) is 0.917. The van der Waals surface area contributed by atoms with Gasteiger partial charge < -0.3 is 4.90 Å². The Morgan fingerprint density at radius 2 is 1.78 bits per heavy atom. The first-order valence-corrected chi connectivity index (χ1v) is 7.62. The third-order valence-electron chi connectivity index (χ3n) is 3.65. The molecule has 0 radical (unpaired) electrons. The first-order valence-electron chi connectivity index (χ1n) is 6.37. The number of piperazine rings is 1. The average molecular weight is 372 g/mol. The van der Waals surface area contributed by atoms with Gasteiger partial charge in [0.15, 0.2) is 0 Å². The molecule has 1 aliphatic carbocycles. The quantitative estimate of drug-likeness (QED) is 0.431. The van der Waals surface area contributed by atoms with Crippen LogP contribution in [0.5, 0.6) is 0 Å². The summed E-state index contributed by atoms with van der Waals surface area (Å²) in [5, 5.41) is 0. The van der Waals surface area contributed by atoms with Gasteiger partial charge in [-0.3, -0.25) is 9.69 Å². The number of amides is 1. The van der Waals surface area contributed by atoms with Crippen LogP contribution in [0.1, 0.15) is 20.3 Å². The molecule has 1 heterocycles. The second-order valence-electron chi connectivity index (χ2n) is 5.50. The molecule has 6 heteroatoms. The van der Waals surface area contributed by atoms with Crippen LogP contribution in [-0.4, -0.2) is 51.9 Å². The predicted octanol–water partition coefficient (Wildman–Crippen LogP) is 2.20. The molecule has 2 fully saturated rings. The maximum atomic E-state index is 12.9. The van der Waals surface area contributed by atoms with Gasteiger partial charge in [0.2, 0.25) is 5.91 Å². The van der Waals surface area contributed by atoms with Crippen molar-refractivity contribution in [3.8, 4) is 0 Å². The largest absolute Gasteiger partial charge is 0.340 e. The number of hydrogen-bond donors (Lipinski definition) is 0. The first kappa shape index (κ1) is 14.4. The molecule has 2 rings (SSSR count). The molecular weight excluding hydrogens is 353 g/mol. The van der Waals surface area contributed by atoms with E-state index >= 15 is 0 Å². The van der Waals surface area contributed by atoms with Gasteiger partial charge in [-0.1, -0.05) is 36.4 Å². The standard InChI is InChI=1S/C12H19F2IN2O/c1-8(2)10(15)16-3-5-17(6-4-16)11(18)9-7-12(9,13)14/h8-10H,3-7H2,1-2H3/t9?,10-/m0/s1. The molecule has 0 N–H and O–H groups in total. The molecular formula is C12H19F2IN2O. The van der Waals surface area contributed by atoms with Gasteiger partial charge in [-0.15, -0.1) is 0 Å². The summed E-state index contributed by atoms with van der Waals surface area (Å²) < 4.78 is 26.2. The van der Waals surface area contributed by atoms with E-state index in [4.69, 9.17) is 0 Å². The predicted molar refractivity (Wildman–Crippen MR) is 73.9 cm³/mol. The second-order valence-corrected chi connectivity index (χ2v) is 6.77. The highest BCUT2D eigenvalue weighted by atomic mass is 127. The van der Waals surface area contributed by atoms with E-state index in [1.165, 1.54) is 0 Å². The monoisotopic (exact) mass is 372 g/mol. The summed E-state index contributed by atoms with van der Waals surface area (Å²) in [4.78, 5) is 15.7. The lowest BCUT2D eigenvalue weighted by atomic mass is 10.2. The van der Waals surface area contributed by atoms with Crippen LogP contribution >= 0.6 is 22.6 Å². The van der Waals surface area contributed by atoms with E-state index in [-0.39, 0.29) is 12.3 Å². The highest BCUT2D eigenvalue weighted by Crippen LogP contribution is 2.49. The van der Waals surface area contributed by atoms with Gasteiger partial charge in [0.25, 0.3) is 5.92 Å². The second kappa shape index (κ2) is 5.19. The van der Waals surface area contributed by atoms with Gasteiger partial charge in [0.1, 0.15) is 5.92 Å². The highest BCUT2D eigenvalue weighted by Gasteiger charge is 2.62. The van der Waals surface area contributed by atoms with Crippen molar-refractivity contribution < 1.29 is 13.6 Å². The molecule has 18 heavy (non-hydrogen) atoms. The molecule has 1 aliphatic heterocycles. The van der Waals surface area contributed by atoms with Gasteiger partial charge in [0, 0.05) is 32.6 Å². The number of alkyl halides is 3. The Labute approximate surface area is 120 Å². The number of rotatable bonds is 3. The van der Waals surface area contributed by atoms with E-state index in [1.54, 1.807) is 4.90 Å². The van der Waals surface area contributed by atoms with Gasteiger partial charge in [-0.05, 0) is 5.92 Å². The van der Waals surface area contributed by atoms with Gasteiger partial charge in [-0.25, -0.2) is 8.78 Å². The fourth-order valence-corrected chi connectivity index (χ4v) is 2.87. The Balaban J connectivity index is 1.82. The van der Waals surface area contributed by atoms with Crippen LogP contribution in [0.4, 0.5) is 8.78 Å². The maximum Gasteiger partial charge on any atom is 0.260 e. The Morgan fingerprint density at radius 3 is 2.17 bits per heavy atom. The summed E-state index contributed by atoms with van der Waals surface area (Å²) in [6, 6.07) is 0. The van der Waals surface area contributed by atoms with Crippen LogP contribution in [0, 0.1) is 11.8 Å². The third-order valence-corrected chi connectivity index (χ3v) is 5.88. The van der Waals surface area contributed by atoms with Crippen LogP contribution in [0.2, 0.25) is 0 Å². The lowest BCUT2D eigenvalue weighted by Crippen LogP contribution is -2.52. The molecule has 3 nitrogen and oxygen atoms in total. The normalized spacial score (nSPS) is 29.4. The van der Waals surface area contributed by atoms with Crippen molar-refractivity contribution in [3.63, 3.8) is 0 Å². The Hall–Kier alpha value is 0.0200. The summed E-state index contributed by atoms with van der Waals surface area (Å²) in [5.41, 5.74) is 0. The van der Waals surface area contributed by atoms with Crippen LogP contribution in [0.25, 0.3) is 0 Å². The van der Waals surface area contributed by atoms with Crippen molar-refractivity contribution in [1.82, 2.24) is 9.80 Å². The highest BCUT2D eigenvalue weighted by molar-refractivity contribution is 14.1. The van der Waals surface area contributed by atoms with E-state index in [2.05, 4.69) is 41.3 Å². The zero-order chi connectivity index (χ0) is 13.5. The fourth-order valence-electron chi connectivity index (χ4n) is 2.31. The molecule has 0 aromatic rings. The van der Waals surface area contributed by atoms with Crippen molar-refractivity contribution in [2.75, 3.05) is 26.2 Å².